The van der Waals surface area contributed by atoms with Crippen LogP contribution >= 0.6 is 11.6 Å². The fraction of sp³-hybridized carbons (Fsp3) is 0.0870. The smallest absolute Gasteiger partial charge is 0.295 e. The first kappa shape index (κ1) is 19.8. The molecule has 0 spiro atoms. The van der Waals surface area contributed by atoms with Crippen molar-refractivity contribution in [3.05, 3.63) is 94.5 Å². The summed E-state index contributed by atoms with van der Waals surface area (Å²) in [5.41, 5.74) is 4.17. The Morgan fingerprint density at radius 2 is 1.70 bits per heavy atom. The number of carbonyl (C=O) groups excluding carboxylic acids is 1. The van der Waals surface area contributed by atoms with Gasteiger partial charge in [-0.25, -0.2) is 14.1 Å². The average Bonchev–Trinajstić information content (AvgIpc) is 3.15. The van der Waals surface area contributed by atoms with Crippen LogP contribution in [0.1, 0.15) is 21.7 Å². The molecule has 0 aliphatic heterocycles. The summed E-state index contributed by atoms with van der Waals surface area (Å²) < 4.78 is 14.8. The number of halogens is 2. The number of benzene rings is 3. The number of nitrogens with one attached hydrogen (secondary N) is 1. The normalized spacial score (nSPS) is 10.8. The molecular formula is C23H18ClFN4O. The van der Waals surface area contributed by atoms with Crippen LogP contribution in [0.4, 0.5) is 10.1 Å². The van der Waals surface area contributed by atoms with Gasteiger partial charge in [0.25, 0.3) is 5.91 Å². The third-order valence-corrected chi connectivity index (χ3v) is 4.85. The third-order valence-electron chi connectivity index (χ3n) is 4.60. The molecule has 0 saturated heterocycles. The summed E-state index contributed by atoms with van der Waals surface area (Å²) in [5.74, 6) is -0.345. The molecule has 0 unspecified atom stereocenters. The van der Waals surface area contributed by atoms with E-state index in [0.29, 0.717) is 16.5 Å². The largest absolute Gasteiger partial charge is 0.319 e. The van der Waals surface area contributed by atoms with Gasteiger partial charge in [-0.15, -0.1) is 5.10 Å². The van der Waals surface area contributed by atoms with E-state index in [0.717, 1.165) is 22.4 Å². The molecule has 0 atom stereocenters. The number of nitrogens with zero attached hydrogens (tertiary/aromatic N) is 3. The van der Waals surface area contributed by atoms with Crippen molar-refractivity contribution in [2.24, 2.45) is 0 Å². The van der Waals surface area contributed by atoms with E-state index in [4.69, 9.17) is 11.6 Å². The highest BCUT2D eigenvalue weighted by atomic mass is 35.5. The molecule has 0 aliphatic rings. The Morgan fingerprint density at radius 3 is 2.37 bits per heavy atom. The Balaban J connectivity index is 1.78. The van der Waals surface area contributed by atoms with Crippen molar-refractivity contribution in [2.45, 2.75) is 13.8 Å². The predicted molar refractivity (Wildman–Crippen MR) is 116 cm³/mol. The summed E-state index contributed by atoms with van der Waals surface area (Å²) in [5, 5.41) is 7.77. The van der Waals surface area contributed by atoms with E-state index in [1.54, 1.807) is 16.8 Å². The van der Waals surface area contributed by atoms with E-state index in [1.165, 1.54) is 24.3 Å². The van der Waals surface area contributed by atoms with Crippen molar-refractivity contribution in [1.82, 2.24) is 14.8 Å². The van der Waals surface area contributed by atoms with Crippen LogP contribution in [0.2, 0.25) is 5.02 Å². The summed E-state index contributed by atoms with van der Waals surface area (Å²) >= 11 is 6.02. The number of hydrogen-bond acceptors (Lipinski definition) is 3. The van der Waals surface area contributed by atoms with Crippen molar-refractivity contribution >= 4 is 23.2 Å². The number of aryl methyl sites for hydroxylation is 2. The Hall–Kier alpha value is -3.51. The maximum atomic E-state index is 13.1. The van der Waals surface area contributed by atoms with Crippen molar-refractivity contribution in [2.75, 3.05) is 5.32 Å². The molecule has 0 radical (unpaired) electrons. The first-order valence-corrected chi connectivity index (χ1v) is 9.66. The van der Waals surface area contributed by atoms with Crippen LogP contribution in [0.15, 0.2) is 66.7 Å². The monoisotopic (exact) mass is 420 g/mol. The maximum Gasteiger partial charge on any atom is 0.295 e. The van der Waals surface area contributed by atoms with Gasteiger partial charge in [-0.1, -0.05) is 29.3 Å². The summed E-state index contributed by atoms with van der Waals surface area (Å²) in [4.78, 5) is 17.2. The number of hydrogen-bond donors (Lipinski definition) is 1. The Morgan fingerprint density at radius 1 is 1.00 bits per heavy atom. The predicted octanol–water partition coefficient (Wildman–Crippen LogP) is 5.60. The Bertz CT molecular complexity index is 1220. The van der Waals surface area contributed by atoms with Gasteiger partial charge in [0.2, 0.25) is 5.82 Å². The number of rotatable bonds is 4. The van der Waals surface area contributed by atoms with E-state index in [1.807, 2.05) is 44.2 Å². The lowest BCUT2D eigenvalue weighted by Gasteiger charge is -2.10. The Labute approximate surface area is 178 Å². The van der Waals surface area contributed by atoms with Crippen molar-refractivity contribution in [3.63, 3.8) is 0 Å². The summed E-state index contributed by atoms with van der Waals surface area (Å²) in [6.07, 6.45) is 0. The fourth-order valence-electron chi connectivity index (χ4n) is 3.13. The molecule has 1 N–H and O–H groups in total. The second-order valence-electron chi connectivity index (χ2n) is 6.93. The minimum absolute atomic E-state index is 0.00394. The van der Waals surface area contributed by atoms with Crippen LogP contribution in [0, 0.1) is 19.7 Å². The molecule has 0 aliphatic carbocycles. The van der Waals surface area contributed by atoms with Crippen LogP contribution in [-0.4, -0.2) is 20.7 Å². The lowest BCUT2D eigenvalue weighted by atomic mass is 10.1. The van der Waals surface area contributed by atoms with Crippen molar-refractivity contribution < 1.29 is 9.18 Å². The molecule has 1 amide bonds. The molecule has 0 fully saturated rings. The van der Waals surface area contributed by atoms with Gasteiger partial charge in [-0.05, 0) is 74.0 Å². The first-order chi connectivity index (χ1) is 14.4. The molecule has 0 saturated carbocycles. The van der Waals surface area contributed by atoms with E-state index in [-0.39, 0.29) is 11.6 Å². The minimum atomic E-state index is -0.486. The van der Waals surface area contributed by atoms with Crippen LogP contribution in [0.5, 0.6) is 0 Å². The molecule has 150 valence electrons. The lowest BCUT2D eigenvalue weighted by Crippen LogP contribution is -2.14. The van der Waals surface area contributed by atoms with Crippen LogP contribution < -0.4 is 5.32 Å². The molecule has 1 aromatic heterocycles. The molecule has 30 heavy (non-hydrogen) atoms. The van der Waals surface area contributed by atoms with E-state index < -0.39 is 5.91 Å². The van der Waals surface area contributed by atoms with E-state index in [2.05, 4.69) is 15.4 Å². The van der Waals surface area contributed by atoms with Crippen LogP contribution in [0.3, 0.4) is 0 Å². The van der Waals surface area contributed by atoms with Gasteiger partial charge in [0.05, 0.1) is 5.69 Å². The Kier molecular flexibility index (Phi) is 5.33. The summed E-state index contributed by atoms with van der Waals surface area (Å²) in [7, 11) is 0. The number of anilines is 1. The zero-order valence-corrected chi connectivity index (χ0v) is 17.1. The minimum Gasteiger partial charge on any atom is -0.319 e. The van der Waals surface area contributed by atoms with E-state index in [9.17, 15) is 9.18 Å². The molecular weight excluding hydrogens is 403 g/mol. The SMILES string of the molecule is Cc1ccc(-n2nc(C(=O)Nc3ccc(F)cc3)nc2-c2ccc(Cl)cc2)c(C)c1. The highest BCUT2D eigenvalue weighted by molar-refractivity contribution is 6.30. The van der Waals surface area contributed by atoms with E-state index >= 15 is 0 Å². The van der Waals surface area contributed by atoms with Gasteiger partial charge in [-0.3, -0.25) is 4.79 Å². The topological polar surface area (TPSA) is 59.8 Å². The second kappa shape index (κ2) is 8.08. The number of aromatic nitrogens is 3. The molecule has 4 aromatic rings. The standard InChI is InChI=1S/C23H18ClFN4O/c1-14-3-12-20(15(2)13-14)29-22(16-4-6-17(24)7-5-16)27-21(28-29)23(30)26-19-10-8-18(25)9-11-19/h3-13H,1-2H3,(H,26,30). The van der Waals surface area contributed by atoms with Crippen LogP contribution in [-0.2, 0) is 0 Å². The first-order valence-electron chi connectivity index (χ1n) is 9.28. The summed E-state index contributed by atoms with van der Waals surface area (Å²) in [6, 6.07) is 18.7. The van der Waals surface area contributed by atoms with Gasteiger partial charge >= 0.3 is 0 Å². The molecule has 1 heterocycles. The average molecular weight is 421 g/mol. The molecule has 5 nitrogen and oxygen atoms in total. The van der Waals surface area contributed by atoms with Crippen LogP contribution in [0.25, 0.3) is 17.1 Å². The maximum absolute atomic E-state index is 13.1. The number of amides is 1. The lowest BCUT2D eigenvalue weighted by molar-refractivity contribution is 0.101. The van der Waals surface area contributed by atoms with Gasteiger partial charge in [0.15, 0.2) is 5.82 Å². The zero-order valence-electron chi connectivity index (χ0n) is 16.4. The van der Waals surface area contributed by atoms with Gasteiger partial charge in [0.1, 0.15) is 5.82 Å². The molecule has 4 rings (SSSR count). The highest BCUT2D eigenvalue weighted by Crippen LogP contribution is 2.25. The van der Waals surface area contributed by atoms with Crippen molar-refractivity contribution in [3.8, 4) is 17.1 Å². The number of carbonyl (C=O) groups is 1. The molecule has 0 bridgehead atoms. The fourth-order valence-corrected chi connectivity index (χ4v) is 3.25. The molecule has 3 aromatic carbocycles. The highest BCUT2D eigenvalue weighted by Gasteiger charge is 2.20. The quantitative estimate of drug-likeness (QED) is 0.467. The van der Waals surface area contributed by atoms with Gasteiger partial charge in [0, 0.05) is 16.3 Å². The van der Waals surface area contributed by atoms with Gasteiger partial charge < -0.3 is 5.32 Å². The second-order valence-corrected chi connectivity index (χ2v) is 7.37. The zero-order chi connectivity index (χ0) is 21.3. The van der Waals surface area contributed by atoms with Crippen molar-refractivity contribution in [1.29, 1.82) is 0 Å². The summed E-state index contributed by atoms with van der Waals surface area (Å²) in [6.45, 7) is 3.99. The third kappa shape index (κ3) is 4.09. The molecule has 7 heteroatoms. The van der Waals surface area contributed by atoms with Gasteiger partial charge in [-0.2, -0.15) is 0 Å².